The predicted octanol–water partition coefficient (Wildman–Crippen LogP) is 1.64. The Balaban J connectivity index is 2.61. The Hall–Kier alpha value is -1.85. The van der Waals surface area contributed by atoms with E-state index in [0.29, 0.717) is 25.0 Å². The van der Waals surface area contributed by atoms with E-state index in [4.69, 9.17) is 9.84 Å². The molecule has 1 heterocycles. The molecular formula is C12H19N3O3. The van der Waals surface area contributed by atoms with Crippen LogP contribution >= 0.6 is 0 Å². The fourth-order valence-corrected chi connectivity index (χ4v) is 1.46. The second-order valence-electron chi connectivity index (χ2n) is 4.22. The monoisotopic (exact) mass is 253 g/mol. The average Bonchev–Trinajstić information content (AvgIpc) is 2.29. The van der Waals surface area contributed by atoms with Gasteiger partial charge in [-0.15, -0.1) is 0 Å². The minimum Gasteiger partial charge on any atom is -0.481 e. The van der Waals surface area contributed by atoms with Crippen molar-refractivity contribution in [3.8, 4) is 5.88 Å². The fourth-order valence-electron chi connectivity index (χ4n) is 1.46. The number of nitrogens with one attached hydrogen (secondary N) is 1. The number of hydrogen-bond acceptors (Lipinski definition) is 5. The topological polar surface area (TPSA) is 84.3 Å². The number of hydrogen-bond donors (Lipinski definition) is 2. The molecule has 0 aliphatic rings. The lowest BCUT2D eigenvalue weighted by Crippen LogP contribution is -2.28. The fraction of sp³-hybridized carbons (Fsp3) is 0.583. The maximum Gasteiger partial charge on any atom is 0.308 e. The highest BCUT2D eigenvalue weighted by Gasteiger charge is 2.21. The van der Waals surface area contributed by atoms with E-state index in [1.165, 1.54) is 0 Å². The summed E-state index contributed by atoms with van der Waals surface area (Å²) in [5, 5.41) is 12.0. The quantitative estimate of drug-likeness (QED) is 0.768. The van der Waals surface area contributed by atoms with Crippen molar-refractivity contribution < 1.29 is 14.6 Å². The average molecular weight is 253 g/mol. The highest BCUT2D eigenvalue weighted by Crippen LogP contribution is 2.13. The van der Waals surface area contributed by atoms with E-state index in [-0.39, 0.29) is 5.92 Å². The molecule has 0 saturated carbocycles. The van der Waals surface area contributed by atoms with Gasteiger partial charge in [0.05, 0.1) is 12.5 Å². The summed E-state index contributed by atoms with van der Waals surface area (Å²) in [6, 6.07) is 1.66. The molecule has 0 fully saturated rings. The molecule has 0 aliphatic carbocycles. The number of carboxylic acid groups (broad SMARTS) is 1. The van der Waals surface area contributed by atoms with Crippen LogP contribution in [0.15, 0.2) is 12.3 Å². The molecule has 6 nitrogen and oxygen atoms in total. The van der Waals surface area contributed by atoms with Crippen molar-refractivity contribution in [1.29, 1.82) is 0 Å². The maximum absolute atomic E-state index is 11.0. The largest absolute Gasteiger partial charge is 0.481 e. The van der Waals surface area contributed by atoms with E-state index in [1.807, 2.05) is 20.8 Å². The van der Waals surface area contributed by atoms with Crippen LogP contribution in [0.3, 0.4) is 0 Å². The maximum atomic E-state index is 11.0. The zero-order valence-electron chi connectivity index (χ0n) is 10.9. The third-order valence-corrected chi connectivity index (χ3v) is 2.52. The van der Waals surface area contributed by atoms with Crippen LogP contribution in [-0.4, -0.2) is 34.2 Å². The highest BCUT2D eigenvalue weighted by atomic mass is 16.5. The first kappa shape index (κ1) is 14.2. The van der Waals surface area contributed by atoms with E-state index in [2.05, 4.69) is 15.3 Å². The van der Waals surface area contributed by atoms with Gasteiger partial charge < -0.3 is 15.2 Å². The number of ether oxygens (including phenoxy) is 1. The van der Waals surface area contributed by atoms with Gasteiger partial charge in [0.2, 0.25) is 11.8 Å². The Bertz CT molecular complexity index is 396. The van der Waals surface area contributed by atoms with Crippen molar-refractivity contribution in [3.63, 3.8) is 0 Å². The summed E-state index contributed by atoms with van der Waals surface area (Å²) in [5.41, 5.74) is 0. The molecule has 18 heavy (non-hydrogen) atoms. The van der Waals surface area contributed by atoms with Gasteiger partial charge >= 0.3 is 5.97 Å². The van der Waals surface area contributed by atoms with Gasteiger partial charge in [-0.25, -0.2) is 4.98 Å². The lowest BCUT2D eigenvalue weighted by molar-refractivity contribution is -0.142. The molecule has 1 rings (SSSR count). The molecule has 0 spiro atoms. The van der Waals surface area contributed by atoms with Crippen molar-refractivity contribution in [1.82, 2.24) is 9.97 Å². The van der Waals surface area contributed by atoms with Gasteiger partial charge in [0.25, 0.3) is 0 Å². The number of anilines is 1. The zero-order chi connectivity index (χ0) is 13.5. The van der Waals surface area contributed by atoms with Gasteiger partial charge in [-0.1, -0.05) is 13.8 Å². The molecule has 1 atom stereocenters. The summed E-state index contributed by atoms with van der Waals surface area (Å²) in [4.78, 5) is 19.2. The summed E-state index contributed by atoms with van der Waals surface area (Å²) in [6.07, 6.45) is 1.57. The third-order valence-electron chi connectivity index (χ3n) is 2.52. The van der Waals surface area contributed by atoms with Gasteiger partial charge in [-0.2, -0.15) is 4.98 Å². The molecule has 1 aromatic heterocycles. The number of aliphatic carboxylic acids is 1. The summed E-state index contributed by atoms with van der Waals surface area (Å²) >= 11 is 0. The molecule has 0 radical (unpaired) electrons. The molecule has 0 aromatic carbocycles. The molecule has 6 heteroatoms. The number of nitrogens with zero attached hydrogens (tertiary/aromatic N) is 2. The molecule has 0 saturated heterocycles. The van der Waals surface area contributed by atoms with E-state index >= 15 is 0 Å². The lowest BCUT2D eigenvalue weighted by atomic mass is 9.96. The summed E-state index contributed by atoms with van der Waals surface area (Å²) in [5.74, 6) is -0.382. The Morgan fingerprint density at radius 1 is 1.56 bits per heavy atom. The molecule has 1 unspecified atom stereocenters. The minimum atomic E-state index is -0.821. The van der Waals surface area contributed by atoms with E-state index in [0.717, 1.165) is 0 Å². The summed E-state index contributed by atoms with van der Waals surface area (Å²) < 4.78 is 5.24. The first-order chi connectivity index (χ1) is 8.54. The van der Waals surface area contributed by atoms with E-state index < -0.39 is 11.9 Å². The van der Waals surface area contributed by atoms with Crippen LogP contribution in [0.2, 0.25) is 0 Å². The summed E-state index contributed by atoms with van der Waals surface area (Å²) in [7, 11) is 0. The van der Waals surface area contributed by atoms with Gasteiger partial charge in [0, 0.05) is 18.8 Å². The van der Waals surface area contributed by atoms with Crippen LogP contribution in [0, 0.1) is 11.8 Å². The Morgan fingerprint density at radius 3 is 2.83 bits per heavy atom. The van der Waals surface area contributed by atoms with Crippen molar-refractivity contribution in [2.75, 3.05) is 18.5 Å². The van der Waals surface area contributed by atoms with Crippen LogP contribution in [-0.2, 0) is 4.79 Å². The number of carboxylic acids is 1. The van der Waals surface area contributed by atoms with Gasteiger partial charge in [0.15, 0.2) is 0 Å². The van der Waals surface area contributed by atoms with Crippen molar-refractivity contribution in [3.05, 3.63) is 12.3 Å². The van der Waals surface area contributed by atoms with Crippen LogP contribution < -0.4 is 10.1 Å². The molecular weight excluding hydrogens is 234 g/mol. The van der Waals surface area contributed by atoms with Gasteiger partial charge in [-0.05, 0) is 12.8 Å². The Labute approximate surface area is 106 Å². The molecule has 0 bridgehead atoms. The SMILES string of the molecule is CCOc1ccnc(NCC(C(=O)O)C(C)C)n1. The van der Waals surface area contributed by atoms with E-state index in [9.17, 15) is 4.79 Å². The number of carbonyl (C=O) groups is 1. The van der Waals surface area contributed by atoms with Crippen LogP contribution in [0.25, 0.3) is 0 Å². The second kappa shape index (κ2) is 6.78. The first-order valence-electron chi connectivity index (χ1n) is 5.97. The van der Waals surface area contributed by atoms with E-state index in [1.54, 1.807) is 12.3 Å². The molecule has 2 N–H and O–H groups in total. The van der Waals surface area contributed by atoms with Crippen molar-refractivity contribution >= 4 is 11.9 Å². The van der Waals surface area contributed by atoms with Crippen LogP contribution in [0.4, 0.5) is 5.95 Å². The zero-order valence-corrected chi connectivity index (χ0v) is 10.9. The third kappa shape index (κ3) is 4.20. The van der Waals surface area contributed by atoms with Crippen LogP contribution in [0.5, 0.6) is 5.88 Å². The normalized spacial score (nSPS) is 12.2. The summed E-state index contributed by atoms with van der Waals surface area (Å²) in [6.45, 7) is 6.44. The standard InChI is InChI=1S/C12H19N3O3/c1-4-18-10-5-6-13-12(15-10)14-7-9(8(2)3)11(16)17/h5-6,8-9H,4,7H2,1-3H3,(H,16,17)(H,13,14,15). The second-order valence-corrected chi connectivity index (χ2v) is 4.22. The molecule has 0 aliphatic heterocycles. The molecule has 1 aromatic rings. The highest BCUT2D eigenvalue weighted by molar-refractivity contribution is 5.71. The first-order valence-corrected chi connectivity index (χ1v) is 5.97. The Kier molecular flexibility index (Phi) is 5.35. The van der Waals surface area contributed by atoms with Gasteiger partial charge in [0.1, 0.15) is 0 Å². The molecule has 100 valence electrons. The predicted molar refractivity (Wildman–Crippen MR) is 67.7 cm³/mol. The number of aromatic nitrogens is 2. The van der Waals surface area contributed by atoms with Crippen molar-refractivity contribution in [2.24, 2.45) is 11.8 Å². The Morgan fingerprint density at radius 2 is 2.28 bits per heavy atom. The molecule has 0 amide bonds. The van der Waals surface area contributed by atoms with Crippen molar-refractivity contribution in [2.45, 2.75) is 20.8 Å². The van der Waals surface area contributed by atoms with Crippen LogP contribution in [0.1, 0.15) is 20.8 Å². The number of rotatable bonds is 7. The smallest absolute Gasteiger partial charge is 0.308 e. The lowest BCUT2D eigenvalue weighted by Gasteiger charge is -2.16. The minimum absolute atomic E-state index is 0.0464. The van der Waals surface area contributed by atoms with Gasteiger partial charge in [-0.3, -0.25) is 4.79 Å².